The number of hydrogen-bond donors (Lipinski definition) is 2. The van der Waals surface area contributed by atoms with E-state index in [0.29, 0.717) is 40.4 Å². The van der Waals surface area contributed by atoms with Crippen molar-refractivity contribution < 1.29 is 9.90 Å². The van der Waals surface area contributed by atoms with Gasteiger partial charge in [-0.3, -0.25) is 4.79 Å². The highest BCUT2D eigenvalue weighted by atomic mass is 35.5. The van der Waals surface area contributed by atoms with Gasteiger partial charge in [0.25, 0.3) is 5.91 Å². The van der Waals surface area contributed by atoms with Gasteiger partial charge in [0.2, 0.25) is 0 Å². The van der Waals surface area contributed by atoms with Crippen molar-refractivity contribution >= 4 is 17.5 Å². The van der Waals surface area contributed by atoms with E-state index in [1.807, 2.05) is 0 Å². The second-order valence-electron chi connectivity index (χ2n) is 6.07. The van der Waals surface area contributed by atoms with Gasteiger partial charge in [0, 0.05) is 24.1 Å². The molecule has 1 aromatic carbocycles. The SMILES string of the molecule is CC1(C)CC1CNC(=O)c1ccc(C#CCCO)c(Cl)c1. The van der Waals surface area contributed by atoms with Gasteiger partial charge in [-0.1, -0.05) is 37.3 Å². The molecule has 21 heavy (non-hydrogen) atoms. The number of aliphatic hydroxyl groups excluding tert-OH is 1. The molecule has 0 aromatic heterocycles. The minimum atomic E-state index is -0.102. The molecule has 1 aliphatic rings. The first kappa shape index (κ1) is 15.9. The topological polar surface area (TPSA) is 49.3 Å². The zero-order chi connectivity index (χ0) is 15.5. The summed E-state index contributed by atoms with van der Waals surface area (Å²) in [4.78, 5) is 12.1. The third-order valence-electron chi connectivity index (χ3n) is 3.92. The van der Waals surface area contributed by atoms with E-state index in [9.17, 15) is 4.79 Å². The lowest BCUT2D eigenvalue weighted by Crippen LogP contribution is -2.26. The lowest BCUT2D eigenvalue weighted by molar-refractivity contribution is 0.0950. The number of nitrogens with one attached hydrogen (secondary N) is 1. The fourth-order valence-electron chi connectivity index (χ4n) is 2.21. The van der Waals surface area contributed by atoms with Crippen LogP contribution in [0.2, 0.25) is 5.02 Å². The number of carbonyl (C=O) groups is 1. The third kappa shape index (κ3) is 4.23. The highest BCUT2D eigenvalue weighted by molar-refractivity contribution is 6.32. The summed E-state index contributed by atoms with van der Waals surface area (Å²) in [6, 6.07) is 5.10. The lowest BCUT2D eigenvalue weighted by atomic mass is 10.1. The van der Waals surface area contributed by atoms with Crippen molar-refractivity contribution in [3.8, 4) is 11.8 Å². The maximum atomic E-state index is 12.1. The van der Waals surface area contributed by atoms with E-state index in [-0.39, 0.29) is 12.5 Å². The van der Waals surface area contributed by atoms with Crippen LogP contribution in [0.4, 0.5) is 0 Å². The molecule has 0 radical (unpaired) electrons. The summed E-state index contributed by atoms with van der Waals surface area (Å²) >= 11 is 6.13. The Morgan fingerprint density at radius 1 is 1.52 bits per heavy atom. The molecule has 4 heteroatoms. The number of amides is 1. The van der Waals surface area contributed by atoms with E-state index in [4.69, 9.17) is 16.7 Å². The summed E-state index contributed by atoms with van der Waals surface area (Å²) in [5.41, 5.74) is 1.58. The minimum Gasteiger partial charge on any atom is -0.395 e. The zero-order valence-electron chi connectivity index (χ0n) is 12.4. The molecule has 112 valence electrons. The molecule has 1 aliphatic carbocycles. The number of rotatable bonds is 4. The van der Waals surface area contributed by atoms with E-state index < -0.39 is 0 Å². The Morgan fingerprint density at radius 3 is 2.81 bits per heavy atom. The maximum Gasteiger partial charge on any atom is 0.251 e. The second kappa shape index (κ2) is 6.51. The lowest BCUT2D eigenvalue weighted by Gasteiger charge is -2.07. The van der Waals surface area contributed by atoms with Crippen LogP contribution >= 0.6 is 11.6 Å². The Bertz CT molecular complexity index is 599. The fourth-order valence-corrected chi connectivity index (χ4v) is 2.44. The molecule has 0 spiro atoms. The zero-order valence-corrected chi connectivity index (χ0v) is 13.1. The Balaban J connectivity index is 1.96. The molecule has 1 unspecified atom stereocenters. The van der Waals surface area contributed by atoms with Crippen molar-refractivity contribution in [2.75, 3.05) is 13.2 Å². The first-order chi connectivity index (χ1) is 9.94. The number of hydrogen-bond acceptors (Lipinski definition) is 2. The Kier molecular flexibility index (Phi) is 4.92. The Hall–Kier alpha value is -1.50. The first-order valence-electron chi connectivity index (χ1n) is 7.11. The van der Waals surface area contributed by atoms with E-state index in [0.717, 1.165) is 6.42 Å². The molecule has 1 amide bonds. The third-order valence-corrected chi connectivity index (χ3v) is 4.23. The van der Waals surface area contributed by atoms with Crippen molar-refractivity contribution in [1.29, 1.82) is 0 Å². The quantitative estimate of drug-likeness (QED) is 0.840. The minimum absolute atomic E-state index is 0.0304. The van der Waals surface area contributed by atoms with Crippen molar-refractivity contribution in [2.45, 2.75) is 26.7 Å². The number of halogens is 1. The van der Waals surface area contributed by atoms with Crippen molar-refractivity contribution in [3.05, 3.63) is 34.3 Å². The van der Waals surface area contributed by atoms with Crippen LogP contribution in [-0.4, -0.2) is 24.2 Å². The molecule has 1 atom stereocenters. The van der Waals surface area contributed by atoms with E-state index in [2.05, 4.69) is 31.0 Å². The second-order valence-corrected chi connectivity index (χ2v) is 6.48. The van der Waals surface area contributed by atoms with Crippen LogP contribution < -0.4 is 5.32 Å². The van der Waals surface area contributed by atoms with E-state index >= 15 is 0 Å². The monoisotopic (exact) mass is 305 g/mol. The normalized spacial score (nSPS) is 18.6. The van der Waals surface area contributed by atoms with Crippen LogP contribution in [0.5, 0.6) is 0 Å². The van der Waals surface area contributed by atoms with Gasteiger partial charge < -0.3 is 10.4 Å². The van der Waals surface area contributed by atoms with Crippen LogP contribution in [0.1, 0.15) is 42.6 Å². The predicted octanol–water partition coefficient (Wildman–Crippen LogP) is 2.85. The van der Waals surface area contributed by atoms with Gasteiger partial charge in [0.1, 0.15) is 0 Å². The van der Waals surface area contributed by atoms with Crippen molar-refractivity contribution in [1.82, 2.24) is 5.32 Å². The van der Waals surface area contributed by atoms with Crippen LogP contribution in [0.3, 0.4) is 0 Å². The van der Waals surface area contributed by atoms with Crippen LogP contribution in [0, 0.1) is 23.2 Å². The van der Waals surface area contributed by atoms with Gasteiger partial charge in [0.05, 0.1) is 11.6 Å². The Morgan fingerprint density at radius 2 is 2.24 bits per heavy atom. The summed E-state index contributed by atoms with van der Waals surface area (Å²) in [7, 11) is 0. The summed E-state index contributed by atoms with van der Waals surface area (Å²) in [6.07, 6.45) is 1.57. The molecule has 2 N–H and O–H groups in total. The molecule has 0 aliphatic heterocycles. The van der Waals surface area contributed by atoms with Crippen molar-refractivity contribution in [2.24, 2.45) is 11.3 Å². The first-order valence-corrected chi connectivity index (χ1v) is 7.49. The summed E-state index contributed by atoms with van der Waals surface area (Å²) in [6.45, 7) is 5.16. The largest absolute Gasteiger partial charge is 0.395 e. The molecule has 1 aromatic rings. The molecule has 2 rings (SSSR count). The molecular weight excluding hydrogens is 286 g/mol. The van der Waals surface area contributed by atoms with Gasteiger partial charge in [0.15, 0.2) is 0 Å². The smallest absolute Gasteiger partial charge is 0.251 e. The highest BCUT2D eigenvalue weighted by Crippen LogP contribution is 2.50. The summed E-state index contributed by atoms with van der Waals surface area (Å²) < 4.78 is 0. The Labute approximate surface area is 130 Å². The van der Waals surface area contributed by atoms with E-state index in [1.54, 1.807) is 18.2 Å². The summed E-state index contributed by atoms with van der Waals surface area (Å²) in [5, 5.41) is 12.1. The van der Waals surface area contributed by atoms with Gasteiger partial charge >= 0.3 is 0 Å². The van der Waals surface area contributed by atoms with Crippen LogP contribution in [-0.2, 0) is 0 Å². The highest BCUT2D eigenvalue weighted by Gasteiger charge is 2.45. The predicted molar refractivity (Wildman–Crippen MR) is 84.3 cm³/mol. The van der Waals surface area contributed by atoms with Crippen molar-refractivity contribution in [3.63, 3.8) is 0 Å². The molecule has 1 fully saturated rings. The number of aliphatic hydroxyl groups is 1. The van der Waals surface area contributed by atoms with Gasteiger partial charge in [-0.25, -0.2) is 0 Å². The summed E-state index contributed by atoms with van der Waals surface area (Å²) in [5.74, 6) is 6.16. The number of carbonyl (C=O) groups excluding carboxylic acids is 1. The van der Waals surface area contributed by atoms with Gasteiger partial charge in [-0.05, 0) is 36.0 Å². The molecule has 0 bridgehead atoms. The van der Waals surface area contributed by atoms with E-state index in [1.165, 1.54) is 0 Å². The average Bonchev–Trinajstić information content (AvgIpc) is 3.05. The standard InChI is InChI=1S/C17H20ClNO2/c1-17(2)10-14(17)11-19-16(21)13-7-6-12(15(18)9-13)5-3-4-8-20/h6-7,9,14,20H,4,8,10-11H2,1-2H3,(H,19,21). The molecule has 1 saturated carbocycles. The molecule has 3 nitrogen and oxygen atoms in total. The number of benzene rings is 1. The fraction of sp³-hybridized carbons (Fsp3) is 0.471. The van der Waals surface area contributed by atoms with Gasteiger partial charge in [-0.2, -0.15) is 0 Å². The van der Waals surface area contributed by atoms with Gasteiger partial charge in [-0.15, -0.1) is 0 Å². The average molecular weight is 306 g/mol. The molecule has 0 saturated heterocycles. The molecule has 0 heterocycles. The van der Waals surface area contributed by atoms with Crippen LogP contribution in [0.25, 0.3) is 0 Å². The maximum absolute atomic E-state index is 12.1. The van der Waals surface area contributed by atoms with Crippen LogP contribution in [0.15, 0.2) is 18.2 Å². The molecular formula is C17H20ClNO2.